The quantitative estimate of drug-likeness (QED) is 0.534. The average Bonchev–Trinajstić information content (AvgIpc) is 3.11. The van der Waals surface area contributed by atoms with Gasteiger partial charge < -0.3 is 9.67 Å². The van der Waals surface area contributed by atoms with E-state index in [0.29, 0.717) is 38.2 Å². The van der Waals surface area contributed by atoms with Gasteiger partial charge in [0.1, 0.15) is 5.82 Å². The third-order valence-electron chi connectivity index (χ3n) is 4.78. The van der Waals surface area contributed by atoms with Crippen LogP contribution in [0, 0.1) is 5.82 Å². The van der Waals surface area contributed by atoms with Crippen LogP contribution in [0.5, 0.6) is 0 Å². The number of benzene rings is 2. The van der Waals surface area contributed by atoms with E-state index in [9.17, 15) is 9.50 Å². The van der Waals surface area contributed by atoms with Crippen molar-refractivity contribution in [2.75, 3.05) is 13.1 Å². The minimum absolute atomic E-state index is 0.191. The zero-order chi connectivity index (χ0) is 19.8. The van der Waals surface area contributed by atoms with E-state index in [1.54, 1.807) is 6.07 Å². The van der Waals surface area contributed by atoms with Gasteiger partial charge in [-0.05, 0) is 30.2 Å². The highest BCUT2D eigenvalue weighted by atomic mass is 19.1. The first-order valence-corrected chi connectivity index (χ1v) is 9.58. The minimum Gasteiger partial charge on any atom is -0.391 e. The lowest BCUT2D eigenvalue weighted by atomic mass is 10.1. The smallest absolute Gasteiger partial charge is 0.128 e. The Balaban J connectivity index is 1.65. The molecule has 0 aliphatic carbocycles. The van der Waals surface area contributed by atoms with E-state index in [1.807, 2.05) is 66.9 Å². The van der Waals surface area contributed by atoms with Crippen LogP contribution in [0.15, 0.2) is 85.6 Å². The number of aliphatic hydroxyl groups is 1. The normalized spacial score (nSPS) is 12.2. The predicted octanol–water partition coefficient (Wildman–Crippen LogP) is 4.27. The fraction of sp³-hybridized carbons (Fsp3) is 0.250. The maximum absolute atomic E-state index is 14.0. The molecular weight excluding hydrogens is 351 g/mol. The lowest BCUT2D eigenvalue weighted by Crippen LogP contribution is -2.34. The SMILES string of the molecule is C=CCN(Cc1cccn1Cc1ccccc1F)C[C@@H](O)Cc1ccccc1. The topological polar surface area (TPSA) is 28.4 Å². The first-order chi connectivity index (χ1) is 13.7. The summed E-state index contributed by atoms with van der Waals surface area (Å²) < 4.78 is 16.1. The van der Waals surface area contributed by atoms with Gasteiger partial charge in [0.2, 0.25) is 0 Å². The highest BCUT2D eigenvalue weighted by Crippen LogP contribution is 2.14. The molecular formula is C24H27FN2O. The summed E-state index contributed by atoms with van der Waals surface area (Å²) in [6.45, 7) is 6.22. The molecule has 0 aliphatic heterocycles. The number of hydrogen-bond donors (Lipinski definition) is 1. The van der Waals surface area contributed by atoms with Crippen molar-refractivity contribution in [2.45, 2.75) is 25.6 Å². The second kappa shape index (κ2) is 10.0. The standard InChI is InChI=1S/C24H27FN2O/c1-2-14-26(19-23(28)16-20-9-4-3-5-10-20)18-22-12-8-15-27(22)17-21-11-6-7-13-24(21)25/h2-13,15,23,28H,1,14,16-19H2/t23-/m0/s1. The van der Waals surface area contributed by atoms with Crippen molar-refractivity contribution in [3.05, 3.63) is 108 Å². The highest BCUT2D eigenvalue weighted by molar-refractivity contribution is 5.20. The van der Waals surface area contributed by atoms with Gasteiger partial charge >= 0.3 is 0 Å². The van der Waals surface area contributed by atoms with Crippen LogP contribution >= 0.6 is 0 Å². The first kappa shape index (κ1) is 20.1. The van der Waals surface area contributed by atoms with E-state index >= 15 is 0 Å². The molecule has 1 heterocycles. The molecule has 146 valence electrons. The summed E-state index contributed by atoms with van der Waals surface area (Å²) in [6, 6.07) is 20.9. The zero-order valence-corrected chi connectivity index (χ0v) is 16.0. The van der Waals surface area contributed by atoms with Crippen molar-refractivity contribution in [1.82, 2.24) is 9.47 Å². The molecule has 28 heavy (non-hydrogen) atoms. The molecule has 3 nitrogen and oxygen atoms in total. The number of aliphatic hydroxyl groups excluding tert-OH is 1. The largest absolute Gasteiger partial charge is 0.391 e. The van der Waals surface area contributed by atoms with Gasteiger partial charge in [-0.15, -0.1) is 6.58 Å². The Bertz CT molecular complexity index is 875. The van der Waals surface area contributed by atoms with Gasteiger partial charge in [0.25, 0.3) is 0 Å². The lowest BCUT2D eigenvalue weighted by Gasteiger charge is -2.24. The van der Waals surface area contributed by atoms with Crippen LogP contribution in [0.4, 0.5) is 4.39 Å². The molecule has 0 saturated carbocycles. The van der Waals surface area contributed by atoms with Crippen LogP contribution in [0.1, 0.15) is 16.8 Å². The molecule has 1 atom stereocenters. The van der Waals surface area contributed by atoms with Crippen molar-refractivity contribution >= 4 is 0 Å². The van der Waals surface area contributed by atoms with Crippen LogP contribution < -0.4 is 0 Å². The van der Waals surface area contributed by atoms with Crippen molar-refractivity contribution in [2.24, 2.45) is 0 Å². The van der Waals surface area contributed by atoms with E-state index in [2.05, 4.69) is 16.0 Å². The van der Waals surface area contributed by atoms with Crippen LogP contribution in [0.2, 0.25) is 0 Å². The number of halogens is 1. The molecule has 3 aromatic rings. The molecule has 0 saturated heterocycles. The highest BCUT2D eigenvalue weighted by Gasteiger charge is 2.14. The average molecular weight is 378 g/mol. The van der Waals surface area contributed by atoms with E-state index < -0.39 is 6.10 Å². The van der Waals surface area contributed by atoms with Crippen molar-refractivity contribution < 1.29 is 9.50 Å². The Morgan fingerprint density at radius 3 is 2.54 bits per heavy atom. The van der Waals surface area contributed by atoms with Gasteiger partial charge in [0.15, 0.2) is 0 Å². The molecule has 0 spiro atoms. The summed E-state index contributed by atoms with van der Waals surface area (Å²) in [6.07, 6.45) is 3.97. The maximum Gasteiger partial charge on any atom is 0.128 e. The number of rotatable bonds is 10. The van der Waals surface area contributed by atoms with Gasteiger partial charge in [0.05, 0.1) is 12.6 Å². The van der Waals surface area contributed by atoms with Gasteiger partial charge in [-0.2, -0.15) is 0 Å². The Hall–Kier alpha value is -2.69. The van der Waals surface area contributed by atoms with Crippen LogP contribution in [-0.4, -0.2) is 33.8 Å². The zero-order valence-electron chi connectivity index (χ0n) is 16.0. The molecule has 0 amide bonds. The Kier molecular flexibility index (Phi) is 7.18. The summed E-state index contributed by atoms with van der Waals surface area (Å²) in [7, 11) is 0. The van der Waals surface area contributed by atoms with E-state index in [4.69, 9.17) is 0 Å². The molecule has 0 bridgehead atoms. The number of nitrogens with zero attached hydrogens (tertiary/aromatic N) is 2. The molecule has 0 radical (unpaired) electrons. The third kappa shape index (κ3) is 5.65. The lowest BCUT2D eigenvalue weighted by molar-refractivity contribution is 0.114. The maximum atomic E-state index is 14.0. The third-order valence-corrected chi connectivity index (χ3v) is 4.78. The molecule has 0 aliphatic rings. The van der Waals surface area contributed by atoms with Gasteiger partial charge in [-0.1, -0.05) is 54.6 Å². The number of aromatic nitrogens is 1. The predicted molar refractivity (Wildman–Crippen MR) is 112 cm³/mol. The van der Waals surface area contributed by atoms with E-state index in [1.165, 1.54) is 6.07 Å². The monoisotopic (exact) mass is 378 g/mol. The Labute approximate surface area is 166 Å². The number of hydrogen-bond acceptors (Lipinski definition) is 2. The van der Waals surface area contributed by atoms with Crippen molar-refractivity contribution in [3.63, 3.8) is 0 Å². The van der Waals surface area contributed by atoms with Crippen molar-refractivity contribution in [3.8, 4) is 0 Å². The first-order valence-electron chi connectivity index (χ1n) is 9.58. The van der Waals surface area contributed by atoms with E-state index in [0.717, 1.165) is 11.3 Å². The molecule has 1 N–H and O–H groups in total. The van der Waals surface area contributed by atoms with Gasteiger partial charge in [-0.25, -0.2) is 4.39 Å². The minimum atomic E-state index is -0.461. The molecule has 0 fully saturated rings. The Morgan fingerprint density at radius 2 is 1.79 bits per heavy atom. The summed E-state index contributed by atoms with van der Waals surface area (Å²) in [5.74, 6) is -0.191. The van der Waals surface area contributed by atoms with Gasteiger partial charge in [0, 0.05) is 37.1 Å². The fourth-order valence-electron chi connectivity index (χ4n) is 3.42. The Morgan fingerprint density at radius 1 is 1.04 bits per heavy atom. The summed E-state index contributed by atoms with van der Waals surface area (Å²) in [5, 5.41) is 10.5. The van der Waals surface area contributed by atoms with Gasteiger partial charge in [-0.3, -0.25) is 4.90 Å². The summed E-state index contributed by atoms with van der Waals surface area (Å²) in [4.78, 5) is 2.16. The van der Waals surface area contributed by atoms with Crippen LogP contribution in [0.25, 0.3) is 0 Å². The van der Waals surface area contributed by atoms with Crippen LogP contribution in [-0.2, 0) is 19.5 Å². The molecule has 0 unspecified atom stereocenters. The molecule has 4 heteroatoms. The van der Waals surface area contributed by atoms with Crippen molar-refractivity contribution in [1.29, 1.82) is 0 Å². The second-order valence-corrected chi connectivity index (χ2v) is 7.05. The molecule has 1 aromatic heterocycles. The van der Waals surface area contributed by atoms with E-state index in [-0.39, 0.29) is 5.82 Å². The summed E-state index contributed by atoms with van der Waals surface area (Å²) in [5.41, 5.74) is 2.87. The summed E-state index contributed by atoms with van der Waals surface area (Å²) >= 11 is 0. The second-order valence-electron chi connectivity index (χ2n) is 7.05. The molecule has 3 rings (SSSR count). The van der Waals surface area contributed by atoms with Crippen LogP contribution in [0.3, 0.4) is 0 Å². The molecule has 2 aromatic carbocycles. The fourth-order valence-corrected chi connectivity index (χ4v) is 3.42.